The highest BCUT2D eigenvalue weighted by molar-refractivity contribution is 8.01. The SMILES string of the molecule is Cc1cccc(N(Cc2ccccc2)C(=O)CSc2nc(C)cs2)c1. The fourth-order valence-electron chi connectivity index (χ4n) is 2.49. The Kier molecular flexibility index (Phi) is 5.89. The zero-order valence-electron chi connectivity index (χ0n) is 14.3. The van der Waals surface area contributed by atoms with E-state index in [1.165, 1.54) is 11.8 Å². The molecule has 3 rings (SSSR count). The van der Waals surface area contributed by atoms with E-state index in [9.17, 15) is 4.79 Å². The lowest BCUT2D eigenvalue weighted by molar-refractivity contribution is -0.116. The van der Waals surface area contributed by atoms with Gasteiger partial charge in [0.05, 0.1) is 12.3 Å². The number of amides is 1. The van der Waals surface area contributed by atoms with E-state index in [0.717, 1.165) is 26.8 Å². The molecule has 0 atom stereocenters. The molecular formula is C20H20N2OS2. The quantitative estimate of drug-likeness (QED) is 0.569. The summed E-state index contributed by atoms with van der Waals surface area (Å²) in [5.41, 5.74) is 4.20. The Morgan fingerprint density at radius 2 is 1.92 bits per heavy atom. The summed E-state index contributed by atoms with van der Waals surface area (Å²) in [6, 6.07) is 18.2. The van der Waals surface area contributed by atoms with Gasteiger partial charge >= 0.3 is 0 Å². The van der Waals surface area contributed by atoms with E-state index in [4.69, 9.17) is 0 Å². The zero-order chi connectivity index (χ0) is 17.6. The fourth-order valence-corrected chi connectivity index (χ4v) is 4.21. The summed E-state index contributed by atoms with van der Waals surface area (Å²) in [4.78, 5) is 19.2. The van der Waals surface area contributed by atoms with Gasteiger partial charge in [-0.1, -0.05) is 54.2 Å². The highest BCUT2D eigenvalue weighted by atomic mass is 32.2. The molecule has 1 amide bonds. The smallest absolute Gasteiger partial charge is 0.237 e. The molecule has 0 radical (unpaired) electrons. The van der Waals surface area contributed by atoms with Gasteiger partial charge in [-0.15, -0.1) is 11.3 Å². The summed E-state index contributed by atoms with van der Waals surface area (Å²) >= 11 is 3.09. The first-order valence-electron chi connectivity index (χ1n) is 8.08. The summed E-state index contributed by atoms with van der Waals surface area (Å²) in [5, 5.41) is 2.01. The first kappa shape index (κ1) is 17.7. The number of thioether (sulfide) groups is 1. The van der Waals surface area contributed by atoms with Crippen molar-refractivity contribution in [2.45, 2.75) is 24.7 Å². The predicted octanol–water partition coefficient (Wildman–Crippen LogP) is 5.09. The third-order valence-corrected chi connectivity index (χ3v) is 5.84. The summed E-state index contributed by atoms with van der Waals surface area (Å²) in [6.07, 6.45) is 0. The van der Waals surface area contributed by atoms with Crippen LogP contribution in [0.3, 0.4) is 0 Å². The van der Waals surface area contributed by atoms with Crippen molar-refractivity contribution in [2.75, 3.05) is 10.7 Å². The van der Waals surface area contributed by atoms with Gasteiger partial charge < -0.3 is 4.90 Å². The van der Waals surface area contributed by atoms with Crippen molar-refractivity contribution in [1.29, 1.82) is 0 Å². The van der Waals surface area contributed by atoms with Crippen molar-refractivity contribution in [2.24, 2.45) is 0 Å². The standard InChI is InChI=1S/C20H20N2OS2/c1-15-7-6-10-18(11-15)22(12-17-8-4-3-5-9-17)19(23)14-25-20-21-16(2)13-24-20/h3-11,13H,12,14H2,1-2H3. The molecule has 5 heteroatoms. The molecule has 1 aromatic heterocycles. The van der Waals surface area contributed by atoms with E-state index in [0.29, 0.717) is 12.3 Å². The van der Waals surface area contributed by atoms with Crippen molar-refractivity contribution in [3.63, 3.8) is 0 Å². The lowest BCUT2D eigenvalue weighted by Gasteiger charge is -2.23. The molecule has 0 saturated heterocycles. The van der Waals surface area contributed by atoms with E-state index < -0.39 is 0 Å². The maximum atomic E-state index is 12.9. The number of carbonyl (C=O) groups excluding carboxylic acids is 1. The molecule has 0 N–H and O–H groups in total. The number of benzene rings is 2. The Hall–Kier alpha value is -2.11. The lowest BCUT2D eigenvalue weighted by Crippen LogP contribution is -2.32. The molecule has 0 aliphatic carbocycles. The second-order valence-electron chi connectivity index (χ2n) is 5.85. The third kappa shape index (κ3) is 4.94. The van der Waals surface area contributed by atoms with Crippen LogP contribution in [0.2, 0.25) is 0 Å². The highest BCUT2D eigenvalue weighted by Gasteiger charge is 2.17. The molecule has 0 bridgehead atoms. The largest absolute Gasteiger partial charge is 0.307 e. The third-order valence-electron chi connectivity index (χ3n) is 3.71. The van der Waals surface area contributed by atoms with E-state index in [1.807, 2.05) is 72.7 Å². The summed E-state index contributed by atoms with van der Waals surface area (Å²) in [6.45, 7) is 4.58. The summed E-state index contributed by atoms with van der Waals surface area (Å²) < 4.78 is 0.940. The molecule has 0 aliphatic heterocycles. The molecule has 1 heterocycles. The minimum atomic E-state index is 0.0901. The minimum Gasteiger partial charge on any atom is -0.307 e. The highest BCUT2D eigenvalue weighted by Crippen LogP contribution is 2.25. The van der Waals surface area contributed by atoms with Crippen molar-refractivity contribution >= 4 is 34.7 Å². The van der Waals surface area contributed by atoms with Gasteiger partial charge in [0, 0.05) is 16.8 Å². The number of aromatic nitrogens is 1. The van der Waals surface area contributed by atoms with Crippen molar-refractivity contribution in [3.8, 4) is 0 Å². The second kappa shape index (κ2) is 8.32. The molecule has 3 aromatic rings. The van der Waals surface area contributed by atoms with Crippen molar-refractivity contribution in [3.05, 3.63) is 76.8 Å². The van der Waals surface area contributed by atoms with Crippen LogP contribution in [0.1, 0.15) is 16.8 Å². The molecule has 0 spiro atoms. The Morgan fingerprint density at radius 1 is 1.12 bits per heavy atom. The van der Waals surface area contributed by atoms with Gasteiger partial charge in [0.25, 0.3) is 0 Å². The van der Waals surface area contributed by atoms with Crippen LogP contribution < -0.4 is 4.90 Å². The zero-order valence-corrected chi connectivity index (χ0v) is 15.9. The molecular weight excluding hydrogens is 348 g/mol. The van der Waals surface area contributed by atoms with E-state index in [1.54, 1.807) is 11.3 Å². The number of carbonyl (C=O) groups is 1. The first-order valence-corrected chi connectivity index (χ1v) is 9.94. The Labute approximate surface area is 156 Å². The van der Waals surface area contributed by atoms with Crippen LogP contribution in [0.15, 0.2) is 64.3 Å². The van der Waals surface area contributed by atoms with Gasteiger partial charge in [-0.2, -0.15) is 0 Å². The first-order chi connectivity index (χ1) is 12.1. The maximum Gasteiger partial charge on any atom is 0.237 e. The monoisotopic (exact) mass is 368 g/mol. The second-order valence-corrected chi connectivity index (χ2v) is 7.93. The number of aryl methyl sites for hydroxylation is 2. The number of rotatable bonds is 6. The number of hydrogen-bond donors (Lipinski definition) is 0. The van der Waals surface area contributed by atoms with Crippen LogP contribution in [0.25, 0.3) is 0 Å². The van der Waals surface area contributed by atoms with E-state index in [2.05, 4.69) is 11.1 Å². The minimum absolute atomic E-state index is 0.0901. The molecule has 128 valence electrons. The molecule has 0 fully saturated rings. The lowest BCUT2D eigenvalue weighted by atomic mass is 10.1. The fraction of sp³-hybridized carbons (Fsp3) is 0.200. The van der Waals surface area contributed by atoms with Crippen LogP contribution >= 0.6 is 23.1 Å². The molecule has 0 saturated carbocycles. The maximum absolute atomic E-state index is 12.9. The van der Waals surface area contributed by atoms with Crippen LogP contribution in [-0.2, 0) is 11.3 Å². The molecule has 25 heavy (non-hydrogen) atoms. The Bertz CT molecular complexity index is 846. The van der Waals surface area contributed by atoms with Crippen LogP contribution in [0.5, 0.6) is 0 Å². The van der Waals surface area contributed by atoms with Gasteiger partial charge in [-0.25, -0.2) is 4.98 Å². The van der Waals surface area contributed by atoms with Gasteiger partial charge in [0.2, 0.25) is 5.91 Å². The van der Waals surface area contributed by atoms with Gasteiger partial charge in [0.1, 0.15) is 0 Å². The molecule has 0 aliphatic rings. The van der Waals surface area contributed by atoms with Gasteiger partial charge in [-0.3, -0.25) is 4.79 Å². The van der Waals surface area contributed by atoms with Crippen LogP contribution in [-0.4, -0.2) is 16.6 Å². The molecule has 3 nitrogen and oxygen atoms in total. The van der Waals surface area contributed by atoms with E-state index >= 15 is 0 Å². The van der Waals surface area contributed by atoms with Crippen molar-refractivity contribution in [1.82, 2.24) is 4.98 Å². The average molecular weight is 369 g/mol. The van der Waals surface area contributed by atoms with Crippen LogP contribution in [0.4, 0.5) is 5.69 Å². The van der Waals surface area contributed by atoms with Crippen molar-refractivity contribution < 1.29 is 4.79 Å². The normalized spacial score (nSPS) is 10.6. The van der Waals surface area contributed by atoms with Crippen LogP contribution in [0, 0.1) is 13.8 Å². The summed E-state index contributed by atoms with van der Waals surface area (Å²) in [7, 11) is 0. The average Bonchev–Trinajstić information content (AvgIpc) is 3.04. The topological polar surface area (TPSA) is 33.2 Å². The number of nitrogens with zero attached hydrogens (tertiary/aromatic N) is 2. The number of anilines is 1. The summed E-state index contributed by atoms with van der Waals surface area (Å²) in [5.74, 6) is 0.473. The number of hydrogen-bond acceptors (Lipinski definition) is 4. The Balaban J connectivity index is 1.78. The molecule has 2 aromatic carbocycles. The predicted molar refractivity (Wildman–Crippen MR) is 106 cm³/mol. The number of thiazole rings is 1. The van der Waals surface area contributed by atoms with E-state index in [-0.39, 0.29) is 5.91 Å². The van der Waals surface area contributed by atoms with Gasteiger partial charge in [-0.05, 0) is 37.1 Å². The Morgan fingerprint density at radius 3 is 2.60 bits per heavy atom. The molecule has 0 unspecified atom stereocenters. The van der Waals surface area contributed by atoms with Gasteiger partial charge in [0.15, 0.2) is 4.34 Å².